The number of carbonyl (C=O) groups is 1. The number of fused-ring (bicyclic) bond motifs is 12. The molecule has 712 valence electrons. The minimum atomic E-state index is -2.63. The van der Waals surface area contributed by atoms with Crippen molar-refractivity contribution in [3.8, 4) is 80.1 Å². The van der Waals surface area contributed by atoms with Gasteiger partial charge in [0.05, 0.1) is 29.9 Å². The van der Waals surface area contributed by atoms with E-state index in [0.717, 1.165) is 111 Å². The molecule has 3 saturated heterocycles. The van der Waals surface area contributed by atoms with Crippen LogP contribution in [0.1, 0.15) is 141 Å². The number of carboxylic acid groups (broad SMARTS) is 1. The number of halogens is 2. The van der Waals surface area contributed by atoms with E-state index in [-0.39, 0.29) is 50.9 Å². The Kier molecular flexibility index (Phi) is 30.0. The number of phenols is 4. The highest BCUT2D eigenvalue weighted by Crippen LogP contribution is 2.52. The molecule has 25 N–H and O–H groups in total. The highest BCUT2D eigenvalue weighted by Gasteiger charge is 2.51. The van der Waals surface area contributed by atoms with Gasteiger partial charge in [-0.15, -0.1) is 0 Å². The second kappa shape index (κ2) is 41.2. The first-order valence-corrected chi connectivity index (χ1v) is 42.9. The van der Waals surface area contributed by atoms with E-state index in [0.29, 0.717) is 18.8 Å². The summed E-state index contributed by atoms with van der Waals surface area (Å²) in [5, 5.41) is 272. The standard InChI is InChI=1S/C89H99Cl2N9O33/c1-34(2)9-7-5-4-6-8-10-61(109)95-69-75(114)72(111)59(32-102)130-88(69)133-79-56-26-41-27-57(79)127-53-18-14-39(24-48(53)91)78(132-87-68(93-35(3)104)74(113)71(110)58(31-101)129-87)70-85(122)99-67(86(123)124)46-29-43(106)30-55(128-89-77(116)76(115)73(112)60(33-103)131-89)62(46)45-23-38(13-15-50(45)107)64(82(119)100-70)97-84(121)66(41)98-83(120)65-40-21-42(105)28-44(22-40)125-54-25-37(12-16-51(54)108)63(92)81(118)94-49(80(117)96-65)20-36-11-17-52(126-56)47(90)19-36/h11-19,21-30,34,49,58-60,63-78,87-89,101-103,105-108,110-116H,4-10,20,31-33,92H2,1-3H3,(H,93,104)(H,94,118)(H,95,109)(H,96,117)(H,97,121)(H,98,120)(H,99,122)(H,100,119)(H,123,124)/t49-,58-,59-,60-,63-,64-,65+,66-,67+,68-,69-,70+,71-,72-,73-,74-,75-,76+,77+,78-,87+,88+,89+/m1/s1. The number of hydrogen-bond acceptors (Lipinski definition) is 33. The lowest BCUT2D eigenvalue weighted by Gasteiger charge is -2.42. The van der Waals surface area contributed by atoms with Crippen molar-refractivity contribution in [3.63, 3.8) is 0 Å². The number of aromatic hydroxyl groups is 4. The summed E-state index contributed by atoms with van der Waals surface area (Å²) in [5.74, 6) is -17.6. The molecule has 9 heterocycles. The molecular weight excluding hydrogens is 1790 g/mol. The van der Waals surface area contributed by atoms with Gasteiger partial charge >= 0.3 is 5.97 Å². The van der Waals surface area contributed by atoms with Gasteiger partial charge in [-0.3, -0.25) is 0 Å². The van der Waals surface area contributed by atoms with Crippen molar-refractivity contribution < 1.29 is 165 Å². The average molecular weight is 1890 g/mol. The molecule has 9 aliphatic heterocycles. The van der Waals surface area contributed by atoms with Crippen LogP contribution in [0.4, 0.5) is 0 Å². The molecule has 7 aromatic carbocycles. The van der Waals surface area contributed by atoms with Crippen molar-refractivity contribution in [2.24, 2.45) is 51.6 Å². The molecule has 16 rings (SSSR count). The summed E-state index contributed by atoms with van der Waals surface area (Å²) in [4.78, 5) is 50.0. The molecule has 0 unspecified atom stereocenters. The monoisotopic (exact) mass is 1890 g/mol. The van der Waals surface area contributed by atoms with E-state index >= 15 is 0 Å². The molecule has 0 aromatic heterocycles. The molecule has 0 amide bonds. The lowest BCUT2D eigenvalue weighted by atomic mass is 9.90. The Morgan fingerprint density at radius 2 is 1.04 bits per heavy atom. The number of carboxylic acids is 1. The van der Waals surface area contributed by atoms with E-state index in [4.69, 9.17) is 76.6 Å². The molecule has 42 nitrogen and oxygen atoms in total. The lowest BCUT2D eigenvalue weighted by molar-refractivity contribution is -0.279. The highest BCUT2D eigenvalue weighted by atomic mass is 35.5. The topological polar surface area (TPSA) is 690 Å². The number of aliphatic carboxylic acids is 1. The maximum atomic E-state index is 14.3. The Bertz CT molecular complexity index is 5720. The predicted molar refractivity (Wildman–Crippen MR) is 473 cm³/mol. The number of nitrogens with two attached hydrogens (primary N) is 1. The number of ether oxygens (including phenoxy) is 9. The van der Waals surface area contributed by atoms with E-state index in [1.807, 2.05) is 0 Å². The van der Waals surface area contributed by atoms with Crippen LogP contribution in [0.15, 0.2) is 155 Å². The van der Waals surface area contributed by atoms with Crippen LogP contribution in [-0.2, 0) is 30.2 Å². The first-order valence-electron chi connectivity index (χ1n) is 42.2. The van der Waals surface area contributed by atoms with Crippen LogP contribution in [-0.4, -0.2) is 294 Å². The van der Waals surface area contributed by atoms with Crippen molar-refractivity contribution >= 4 is 76.4 Å². The van der Waals surface area contributed by atoms with Crippen molar-refractivity contribution in [2.45, 2.75) is 213 Å². The predicted octanol–water partition coefficient (Wildman–Crippen LogP) is 8.13. The third-order valence-electron chi connectivity index (χ3n) is 23.1. The van der Waals surface area contributed by atoms with Gasteiger partial charge in [-0.2, -0.15) is 0 Å². The summed E-state index contributed by atoms with van der Waals surface area (Å²) in [6.45, 7) is 2.16. The number of benzene rings is 7. The second-order valence-corrected chi connectivity index (χ2v) is 33.9. The van der Waals surface area contributed by atoms with Crippen molar-refractivity contribution in [1.82, 2.24) is 0 Å². The largest absolute Gasteiger partial charge is 0.508 e. The van der Waals surface area contributed by atoms with Gasteiger partial charge in [0.2, 0.25) is 53.7 Å². The number of hydrogen-bond donors (Lipinski definition) is 24. The molecule has 0 radical (unpaired) electrons. The minimum Gasteiger partial charge on any atom is -0.508 e. The highest BCUT2D eigenvalue weighted by molar-refractivity contribution is 6.32. The van der Waals surface area contributed by atoms with Crippen LogP contribution in [0.5, 0.6) is 69.0 Å². The lowest BCUT2D eigenvalue weighted by Crippen LogP contribution is -2.60. The van der Waals surface area contributed by atoms with Crippen molar-refractivity contribution in [3.05, 3.63) is 164 Å². The van der Waals surface area contributed by atoms with Gasteiger partial charge in [0.15, 0.2) is 71.3 Å². The quantitative estimate of drug-likeness (QED) is 0.0194. The van der Waals surface area contributed by atoms with Crippen LogP contribution < -0.4 is 29.4 Å². The van der Waals surface area contributed by atoms with Crippen LogP contribution in [0.3, 0.4) is 0 Å². The summed E-state index contributed by atoms with van der Waals surface area (Å²) in [6.07, 6.45) is -24.5. The summed E-state index contributed by atoms with van der Waals surface area (Å²) >= 11 is 14.8. The van der Waals surface area contributed by atoms with Crippen molar-refractivity contribution in [2.75, 3.05) is 19.8 Å². The van der Waals surface area contributed by atoms with Crippen LogP contribution in [0.25, 0.3) is 11.1 Å². The molecule has 3 fully saturated rings. The maximum absolute atomic E-state index is 14.3. The van der Waals surface area contributed by atoms with E-state index in [1.54, 1.807) is 0 Å². The summed E-state index contributed by atoms with van der Waals surface area (Å²) in [7, 11) is 0. The van der Waals surface area contributed by atoms with Gasteiger partial charge in [0.1, 0.15) is 132 Å². The number of rotatable bonds is 20. The molecule has 0 aliphatic carbocycles. The molecule has 0 saturated carbocycles. The van der Waals surface area contributed by atoms with Gasteiger partial charge in [-0.05, 0) is 125 Å². The van der Waals surface area contributed by atoms with Gasteiger partial charge < -0.3 is 166 Å². The van der Waals surface area contributed by atoms with Gasteiger partial charge in [0.25, 0.3) is 0 Å². The van der Waals surface area contributed by atoms with Gasteiger partial charge in [0, 0.05) is 48.6 Å². The third-order valence-corrected chi connectivity index (χ3v) is 23.7. The zero-order chi connectivity index (χ0) is 95.6. The Labute approximate surface area is 765 Å². The van der Waals surface area contributed by atoms with Crippen molar-refractivity contribution in [1.29, 1.82) is 0 Å². The third kappa shape index (κ3) is 21.3. The zero-order valence-electron chi connectivity index (χ0n) is 70.9. The SMILES string of the molecule is CC(O)=N[C@H]1[C@H](O[C@@H]2c3ccc(c(Cl)c3)Oc3cc4cc(c3O[C@@H]3O[C@H](CO)[C@@H](O)[C@H](O)[C@H]3N=C(O)CCCCCCCC(C)C)Oc3ccc(cc3Cl)C[C@H]3N=C(O)[C@H](N)c5ccc(O)c(c5)Oc5cc(O)cc(c5)[C@H](N=C3O)C(O)=N[C@H]4C(O)=N[C@H]3C(O)=N[C@@H]2C(O)=N[C@H](C(=O)O)c2cc(O)cc(O[C@H]4O[C@H](CO)[C@@H](O)[C@H](O)[C@@H]4O)c2-c2cc3ccc2O)O[C@H](CO)[C@@H](O)[C@@H]1O. The number of aliphatic hydroxyl groups excluding tert-OH is 18. The average Bonchev–Trinajstić information content (AvgIpc) is 0.755. The number of unbranched alkanes of at least 4 members (excludes halogenated alkanes) is 4. The van der Waals surface area contributed by atoms with Gasteiger partial charge in [-0.1, -0.05) is 93.4 Å². The Morgan fingerprint density at radius 1 is 0.489 bits per heavy atom. The molecule has 23 atom stereocenters. The fraction of sp³-hybridized carbons (Fsp3) is 0.427. The number of phenolic OH excluding ortho intramolecular Hbond substituents is 4. The summed E-state index contributed by atoms with van der Waals surface area (Å²) < 4.78 is 57.7. The zero-order valence-corrected chi connectivity index (χ0v) is 72.4. The van der Waals surface area contributed by atoms with Crippen LogP contribution >= 0.6 is 23.2 Å². The molecule has 7 aromatic rings. The first kappa shape index (κ1) is 97.0. The molecule has 133 heavy (non-hydrogen) atoms. The first-order chi connectivity index (χ1) is 63.4. The van der Waals surface area contributed by atoms with E-state index in [1.165, 1.54) is 36.4 Å². The maximum Gasteiger partial charge on any atom is 0.333 e. The second-order valence-electron chi connectivity index (χ2n) is 33.1. The summed E-state index contributed by atoms with van der Waals surface area (Å²) in [5.41, 5.74) is 3.11. The minimum absolute atomic E-state index is 0.0740. The molecule has 44 heteroatoms. The Morgan fingerprint density at radius 3 is 1.67 bits per heavy atom. The fourth-order valence-corrected chi connectivity index (χ4v) is 16.7. The Balaban J connectivity index is 1.08. The smallest absolute Gasteiger partial charge is 0.333 e. The van der Waals surface area contributed by atoms with Crippen LogP contribution in [0.2, 0.25) is 10.0 Å². The molecule has 0 spiro atoms. The van der Waals surface area contributed by atoms with Crippen LogP contribution in [0, 0.1) is 5.92 Å². The molecule has 9 aliphatic rings. The van der Waals surface area contributed by atoms with E-state index < -0.39 is 304 Å². The number of aliphatic imine (C=N–C) groups is 8. The summed E-state index contributed by atoms with van der Waals surface area (Å²) in [6, 6.07) is 1.27. The number of aliphatic hydroxyl groups is 18. The Hall–Kier alpha value is -12.0. The van der Waals surface area contributed by atoms with Gasteiger partial charge in [-0.25, -0.2) is 44.7 Å². The normalized spacial score (nSPS) is 29.2. The molecule has 17 bridgehead atoms. The molecular formula is C89H99Cl2N9O33. The fourth-order valence-electron chi connectivity index (χ4n) is 16.2. The van der Waals surface area contributed by atoms with E-state index in [2.05, 4.69) is 48.8 Å². The van der Waals surface area contributed by atoms with E-state index in [9.17, 15) is 122 Å². The number of nitrogens with zero attached hydrogens (tertiary/aromatic N) is 8.